The lowest BCUT2D eigenvalue weighted by molar-refractivity contribution is 0.595. The SMILES string of the molecule is Cc1ccc(N2CCN(c3ncc(S(=O)(=O)c4ccccc4)c(N)n3)CC2)c(C)c1. The molecule has 4 rings (SSSR count). The molecule has 30 heavy (non-hydrogen) atoms. The summed E-state index contributed by atoms with van der Waals surface area (Å²) in [6.07, 6.45) is 1.32. The van der Waals surface area contributed by atoms with Crippen molar-refractivity contribution in [3.05, 3.63) is 65.9 Å². The first-order chi connectivity index (χ1) is 14.4. The fourth-order valence-corrected chi connectivity index (χ4v) is 5.05. The lowest BCUT2D eigenvalue weighted by Crippen LogP contribution is -2.47. The molecule has 0 spiro atoms. The molecule has 7 nitrogen and oxygen atoms in total. The Labute approximate surface area is 177 Å². The maximum absolute atomic E-state index is 12.8. The fraction of sp³-hybridized carbons (Fsp3) is 0.273. The molecule has 3 aromatic rings. The van der Waals surface area contributed by atoms with E-state index >= 15 is 0 Å². The Bertz CT molecular complexity index is 1160. The molecule has 0 unspecified atom stereocenters. The molecule has 0 radical (unpaired) electrons. The summed E-state index contributed by atoms with van der Waals surface area (Å²) in [6, 6.07) is 14.7. The van der Waals surface area contributed by atoms with Crippen LogP contribution < -0.4 is 15.5 Å². The van der Waals surface area contributed by atoms with Crippen LogP contribution in [0.25, 0.3) is 0 Å². The largest absolute Gasteiger partial charge is 0.382 e. The Balaban J connectivity index is 1.51. The summed E-state index contributed by atoms with van der Waals surface area (Å²) in [5.74, 6) is 0.431. The van der Waals surface area contributed by atoms with Crippen LogP contribution in [0.2, 0.25) is 0 Å². The number of aryl methyl sites for hydroxylation is 2. The standard InChI is InChI=1S/C22H25N5O2S/c1-16-8-9-19(17(2)14-16)26-10-12-27(13-11-26)22-24-15-20(21(23)25-22)30(28,29)18-6-4-3-5-7-18/h3-9,14-15H,10-13H2,1-2H3,(H2,23,24,25). The molecule has 0 bridgehead atoms. The van der Waals surface area contributed by atoms with E-state index in [1.54, 1.807) is 18.2 Å². The number of piperazine rings is 1. The third-order valence-electron chi connectivity index (χ3n) is 5.37. The second-order valence-corrected chi connectivity index (χ2v) is 9.42. The van der Waals surface area contributed by atoms with E-state index in [4.69, 9.17) is 5.73 Å². The van der Waals surface area contributed by atoms with Crippen LogP contribution in [0.1, 0.15) is 11.1 Å². The van der Waals surface area contributed by atoms with Gasteiger partial charge in [-0.15, -0.1) is 0 Å². The van der Waals surface area contributed by atoms with Crippen LogP contribution in [0.15, 0.2) is 64.5 Å². The van der Waals surface area contributed by atoms with E-state index in [9.17, 15) is 8.42 Å². The van der Waals surface area contributed by atoms with Gasteiger partial charge in [-0.2, -0.15) is 4.98 Å². The normalized spacial score (nSPS) is 14.7. The second kappa shape index (κ2) is 7.95. The number of anilines is 3. The van der Waals surface area contributed by atoms with E-state index in [1.807, 2.05) is 4.90 Å². The molecule has 1 aromatic heterocycles. The molecule has 0 aliphatic carbocycles. The number of aromatic nitrogens is 2. The van der Waals surface area contributed by atoms with Crippen LogP contribution >= 0.6 is 0 Å². The van der Waals surface area contributed by atoms with Gasteiger partial charge in [-0.05, 0) is 37.6 Å². The van der Waals surface area contributed by atoms with Gasteiger partial charge in [-0.25, -0.2) is 13.4 Å². The van der Waals surface area contributed by atoms with Crippen LogP contribution in [0.3, 0.4) is 0 Å². The van der Waals surface area contributed by atoms with Gasteiger partial charge in [0, 0.05) is 31.9 Å². The van der Waals surface area contributed by atoms with Gasteiger partial charge in [0.05, 0.1) is 11.1 Å². The summed E-state index contributed by atoms with van der Waals surface area (Å²) in [5, 5.41) is 0. The molecule has 2 heterocycles. The fourth-order valence-electron chi connectivity index (χ4n) is 3.77. The van der Waals surface area contributed by atoms with Crippen LogP contribution in [0.5, 0.6) is 0 Å². The van der Waals surface area contributed by atoms with E-state index in [-0.39, 0.29) is 15.6 Å². The molecule has 2 aromatic carbocycles. The lowest BCUT2D eigenvalue weighted by atomic mass is 10.1. The molecule has 1 fully saturated rings. The molecule has 1 saturated heterocycles. The predicted molar refractivity (Wildman–Crippen MR) is 119 cm³/mol. The van der Waals surface area contributed by atoms with Crippen molar-refractivity contribution in [3.63, 3.8) is 0 Å². The van der Waals surface area contributed by atoms with Gasteiger partial charge in [0.2, 0.25) is 15.8 Å². The first kappa shape index (κ1) is 20.2. The van der Waals surface area contributed by atoms with Crippen molar-refractivity contribution in [1.82, 2.24) is 9.97 Å². The zero-order valence-corrected chi connectivity index (χ0v) is 17.9. The van der Waals surface area contributed by atoms with E-state index in [0.717, 1.165) is 26.2 Å². The summed E-state index contributed by atoms with van der Waals surface area (Å²) >= 11 is 0. The molecule has 1 aliphatic heterocycles. The number of benzene rings is 2. The van der Waals surface area contributed by atoms with Crippen molar-refractivity contribution in [1.29, 1.82) is 0 Å². The second-order valence-electron chi connectivity index (χ2n) is 7.50. The third-order valence-corrected chi connectivity index (χ3v) is 7.16. The van der Waals surface area contributed by atoms with Gasteiger partial charge in [0.25, 0.3) is 0 Å². The minimum atomic E-state index is -3.75. The number of sulfone groups is 1. The molecular formula is C22H25N5O2S. The van der Waals surface area contributed by atoms with E-state index in [2.05, 4.69) is 46.9 Å². The first-order valence-electron chi connectivity index (χ1n) is 9.86. The van der Waals surface area contributed by atoms with Gasteiger partial charge in [0.1, 0.15) is 10.7 Å². The first-order valence-corrected chi connectivity index (χ1v) is 11.3. The highest BCUT2D eigenvalue weighted by atomic mass is 32.2. The highest BCUT2D eigenvalue weighted by molar-refractivity contribution is 7.91. The average Bonchev–Trinajstić information content (AvgIpc) is 2.74. The zero-order valence-electron chi connectivity index (χ0n) is 17.1. The third kappa shape index (κ3) is 3.82. The Morgan fingerprint density at radius 2 is 1.60 bits per heavy atom. The van der Waals surface area contributed by atoms with Gasteiger partial charge in [0.15, 0.2) is 0 Å². The van der Waals surface area contributed by atoms with Gasteiger partial charge >= 0.3 is 0 Å². The predicted octanol–water partition coefficient (Wildman–Crippen LogP) is 2.84. The van der Waals surface area contributed by atoms with Crippen molar-refractivity contribution in [3.8, 4) is 0 Å². The van der Waals surface area contributed by atoms with Crippen LogP contribution in [0, 0.1) is 13.8 Å². The zero-order chi connectivity index (χ0) is 21.3. The maximum atomic E-state index is 12.8. The minimum Gasteiger partial charge on any atom is -0.382 e. The van der Waals surface area contributed by atoms with E-state index in [1.165, 1.54) is 35.1 Å². The quantitative estimate of drug-likeness (QED) is 0.690. The Hall–Kier alpha value is -3.13. The van der Waals surface area contributed by atoms with Gasteiger partial charge < -0.3 is 15.5 Å². The van der Waals surface area contributed by atoms with Crippen LogP contribution in [0.4, 0.5) is 17.5 Å². The molecule has 8 heteroatoms. The smallest absolute Gasteiger partial charge is 0.227 e. The molecule has 1 aliphatic rings. The molecule has 156 valence electrons. The average molecular weight is 424 g/mol. The Morgan fingerprint density at radius 3 is 2.23 bits per heavy atom. The van der Waals surface area contributed by atoms with Crippen LogP contribution in [-0.2, 0) is 9.84 Å². The van der Waals surface area contributed by atoms with Crippen molar-refractivity contribution in [2.24, 2.45) is 0 Å². The van der Waals surface area contributed by atoms with Crippen molar-refractivity contribution < 1.29 is 8.42 Å². The number of hydrogen-bond acceptors (Lipinski definition) is 7. The molecular weight excluding hydrogens is 398 g/mol. The Kier molecular flexibility index (Phi) is 5.34. The summed E-state index contributed by atoms with van der Waals surface area (Å²) in [5.41, 5.74) is 9.79. The maximum Gasteiger partial charge on any atom is 0.227 e. The van der Waals surface area contributed by atoms with Crippen molar-refractivity contribution in [2.45, 2.75) is 23.6 Å². The highest BCUT2D eigenvalue weighted by Crippen LogP contribution is 2.27. The summed E-state index contributed by atoms with van der Waals surface area (Å²) in [6.45, 7) is 7.35. The van der Waals surface area contributed by atoms with Crippen molar-refractivity contribution in [2.75, 3.05) is 41.7 Å². The van der Waals surface area contributed by atoms with E-state index < -0.39 is 9.84 Å². The number of rotatable bonds is 4. The number of nitrogen functional groups attached to an aromatic ring is 1. The molecule has 0 atom stereocenters. The van der Waals surface area contributed by atoms with Gasteiger partial charge in [-0.3, -0.25) is 0 Å². The van der Waals surface area contributed by atoms with E-state index in [0.29, 0.717) is 5.95 Å². The lowest BCUT2D eigenvalue weighted by Gasteiger charge is -2.37. The van der Waals surface area contributed by atoms with Crippen LogP contribution in [-0.4, -0.2) is 44.6 Å². The monoisotopic (exact) mass is 423 g/mol. The molecule has 0 amide bonds. The summed E-state index contributed by atoms with van der Waals surface area (Å²) in [4.78, 5) is 13.1. The minimum absolute atomic E-state index is 0.0272. The Morgan fingerprint density at radius 1 is 0.933 bits per heavy atom. The topological polar surface area (TPSA) is 92.4 Å². The molecule has 0 saturated carbocycles. The number of hydrogen-bond donors (Lipinski definition) is 1. The summed E-state index contributed by atoms with van der Waals surface area (Å²) in [7, 11) is -3.75. The number of nitrogens with zero attached hydrogens (tertiary/aromatic N) is 4. The number of nitrogens with two attached hydrogens (primary N) is 1. The molecule has 2 N–H and O–H groups in total. The highest BCUT2D eigenvalue weighted by Gasteiger charge is 2.25. The summed E-state index contributed by atoms with van der Waals surface area (Å²) < 4.78 is 25.6. The van der Waals surface area contributed by atoms with Gasteiger partial charge in [-0.1, -0.05) is 35.9 Å². The van der Waals surface area contributed by atoms with Crippen molar-refractivity contribution >= 4 is 27.3 Å².